The number of hydrogen-bond acceptors (Lipinski definition) is 3. The van der Waals surface area contributed by atoms with Crippen molar-refractivity contribution in [2.24, 2.45) is 0 Å². The van der Waals surface area contributed by atoms with Crippen LogP contribution in [0.15, 0.2) is 54.6 Å². The summed E-state index contributed by atoms with van der Waals surface area (Å²) in [7, 11) is 1.34. The summed E-state index contributed by atoms with van der Waals surface area (Å²) in [6.45, 7) is 0. The molecule has 0 unspecified atom stereocenters. The van der Waals surface area contributed by atoms with Crippen LogP contribution < -0.4 is 5.32 Å². The van der Waals surface area contributed by atoms with Crippen LogP contribution in [0, 0.1) is 0 Å². The van der Waals surface area contributed by atoms with Crippen molar-refractivity contribution in [1.82, 2.24) is 5.32 Å². The predicted molar refractivity (Wildman–Crippen MR) is 96.7 cm³/mol. The fourth-order valence-electron chi connectivity index (χ4n) is 3.44. The smallest absolute Gasteiger partial charge is 0.337 e. The van der Waals surface area contributed by atoms with Gasteiger partial charge in [-0.15, -0.1) is 0 Å². The standard InChI is InChI=1S/C21H23NO3/c1-25-21(24)18-9-7-17(8-10-18)20(23)22-19-13-11-16(12-14-19)15-5-3-2-4-6-15/h2-10,16,19H,11-14H2,1H3,(H,22,23). The molecular weight excluding hydrogens is 314 g/mol. The maximum atomic E-state index is 12.4. The van der Waals surface area contributed by atoms with Crippen molar-refractivity contribution in [2.75, 3.05) is 7.11 Å². The van der Waals surface area contributed by atoms with Crippen LogP contribution in [0.2, 0.25) is 0 Å². The molecule has 0 heterocycles. The van der Waals surface area contributed by atoms with Crippen molar-refractivity contribution >= 4 is 11.9 Å². The Labute approximate surface area is 148 Å². The number of hydrogen-bond donors (Lipinski definition) is 1. The first-order valence-corrected chi connectivity index (χ1v) is 8.71. The average molecular weight is 337 g/mol. The molecule has 0 bridgehead atoms. The van der Waals surface area contributed by atoms with E-state index in [9.17, 15) is 9.59 Å². The van der Waals surface area contributed by atoms with Crippen molar-refractivity contribution < 1.29 is 14.3 Å². The minimum atomic E-state index is -0.397. The van der Waals surface area contributed by atoms with Gasteiger partial charge in [0.1, 0.15) is 0 Å². The minimum Gasteiger partial charge on any atom is -0.465 e. The first-order valence-electron chi connectivity index (χ1n) is 8.71. The topological polar surface area (TPSA) is 55.4 Å². The second-order valence-electron chi connectivity index (χ2n) is 6.50. The molecule has 4 heteroatoms. The molecule has 0 radical (unpaired) electrons. The van der Waals surface area contributed by atoms with Gasteiger partial charge in [-0.2, -0.15) is 0 Å². The second kappa shape index (κ2) is 7.97. The molecular formula is C21H23NO3. The van der Waals surface area contributed by atoms with Crippen LogP contribution in [-0.4, -0.2) is 25.0 Å². The number of esters is 1. The normalized spacial score (nSPS) is 19.9. The predicted octanol–water partition coefficient (Wildman–Crippen LogP) is 3.93. The van der Waals surface area contributed by atoms with E-state index in [-0.39, 0.29) is 11.9 Å². The van der Waals surface area contributed by atoms with E-state index in [2.05, 4.69) is 34.3 Å². The molecule has 1 amide bonds. The van der Waals surface area contributed by atoms with E-state index in [1.54, 1.807) is 24.3 Å². The van der Waals surface area contributed by atoms with Gasteiger partial charge in [-0.1, -0.05) is 30.3 Å². The van der Waals surface area contributed by atoms with E-state index in [0.29, 0.717) is 17.0 Å². The Morgan fingerprint density at radius 2 is 1.48 bits per heavy atom. The van der Waals surface area contributed by atoms with Crippen LogP contribution in [0.4, 0.5) is 0 Å². The number of carbonyl (C=O) groups excluding carboxylic acids is 2. The van der Waals surface area contributed by atoms with Crippen molar-refractivity contribution in [3.8, 4) is 0 Å². The molecule has 3 rings (SSSR count). The fourth-order valence-corrected chi connectivity index (χ4v) is 3.44. The number of rotatable bonds is 4. The number of methoxy groups -OCH3 is 1. The molecule has 1 N–H and O–H groups in total. The number of ether oxygens (including phenoxy) is 1. The molecule has 1 aliphatic carbocycles. The number of benzene rings is 2. The highest BCUT2D eigenvalue weighted by atomic mass is 16.5. The Hall–Kier alpha value is -2.62. The highest BCUT2D eigenvalue weighted by Crippen LogP contribution is 2.32. The maximum absolute atomic E-state index is 12.4. The lowest BCUT2D eigenvalue weighted by Gasteiger charge is -2.29. The zero-order valence-corrected chi connectivity index (χ0v) is 14.4. The third-order valence-electron chi connectivity index (χ3n) is 4.90. The second-order valence-corrected chi connectivity index (χ2v) is 6.50. The molecule has 4 nitrogen and oxygen atoms in total. The van der Waals surface area contributed by atoms with Crippen LogP contribution in [-0.2, 0) is 4.74 Å². The number of carbonyl (C=O) groups is 2. The van der Waals surface area contributed by atoms with Gasteiger partial charge in [0.15, 0.2) is 0 Å². The third kappa shape index (κ3) is 4.27. The highest BCUT2D eigenvalue weighted by Gasteiger charge is 2.23. The van der Waals surface area contributed by atoms with Gasteiger partial charge in [-0.25, -0.2) is 4.79 Å². The molecule has 1 aliphatic rings. The first kappa shape index (κ1) is 17.2. The molecule has 1 fully saturated rings. The zero-order valence-electron chi connectivity index (χ0n) is 14.4. The lowest BCUT2D eigenvalue weighted by atomic mass is 9.82. The summed E-state index contributed by atoms with van der Waals surface area (Å²) in [6.07, 6.45) is 4.17. The van der Waals surface area contributed by atoms with Crippen LogP contribution in [0.5, 0.6) is 0 Å². The van der Waals surface area contributed by atoms with Gasteiger partial charge >= 0.3 is 5.97 Å². The molecule has 2 aromatic rings. The first-order chi connectivity index (χ1) is 12.2. The molecule has 0 saturated heterocycles. The van der Waals surface area contributed by atoms with Gasteiger partial charge in [0.25, 0.3) is 5.91 Å². The molecule has 1 saturated carbocycles. The van der Waals surface area contributed by atoms with Gasteiger partial charge in [0.2, 0.25) is 0 Å². The van der Waals surface area contributed by atoms with Crippen molar-refractivity contribution in [3.05, 3.63) is 71.3 Å². The van der Waals surface area contributed by atoms with Gasteiger partial charge in [0, 0.05) is 11.6 Å². The fraction of sp³-hybridized carbons (Fsp3) is 0.333. The van der Waals surface area contributed by atoms with E-state index in [1.807, 2.05) is 6.07 Å². The molecule has 130 valence electrons. The Morgan fingerprint density at radius 1 is 0.880 bits per heavy atom. The molecule has 0 spiro atoms. The molecule has 0 atom stereocenters. The monoisotopic (exact) mass is 337 g/mol. The van der Waals surface area contributed by atoms with E-state index >= 15 is 0 Å². The van der Waals surface area contributed by atoms with Crippen LogP contribution in [0.1, 0.15) is 57.9 Å². The highest BCUT2D eigenvalue weighted by molar-refractivity contribution is 5.96. The number of amides is 1. The van der Waals surface area contributed by atoms with Crippen molar-refractivity contribution in [1.29, 1.82) is 0 Å². The maximum Gasteiger partial charge on any atom is 0.337 e. The summed E-state index contributed by atoms with van der Waals surface area (Å²) in [5.74, 6) is 0.111. The van der Waals surface area contributed by atoms with Crippen LogP contribution in [0.25, 0.3) is 0 Å². The summed E-state index contributed by atoms with van der Waals surface area (Å²) in [5, 5.41) is 3.11. The van der Waals surface area contributed by atoms with Gasteiger partial charge in [-0.3, -0.25) is 4.79 Å². The summed E-state index contributed by atoms with van der Waals surface area (Å²) in [5.41, 5.74) is 2.41. The number of nitrogens with one attached hydrogen (secondary N) is 1. The van der Waals surface area contributed by atoms with E-state index in [4.69, 9.17) is 0 Å². The molecule has 0 aliphatic heterocycles. The Morgan fingerprint density at radius 3 is 2.08 bits per heavy atom. The Kier molecular flexibility index (Phi) is 5.49. The average Bonchev–Trinajstić information content (AvgIpc) is 2.68. The Balaban J connectivity index is 1.53. The molecule has 0 aromatic heterocycles. The lowest BCUT2D eigenvalue weighted by Crippen LogP contribution is -2.37. The van der Waals surface area contributed by atoms with Gasteiger partial charge < -0.3 is 10.1 Å². The SMILES string of the molecule is COC(=O)c1ccc(C(=O)NC2CCC(c3ccccc3)CC2)cc1. The minimum absolute atomic E-state index is 0.0837. The molecule has 25 heavy (non-hydrogen) atoms. The quantitative estimate of drug-likeness (QED) is 0.860. The zero-order chi connectivity index (χ0) is 17.6. The van der Waals surface area contributed by atoms with Crippen molar-refractivity contribution in [3.63, 3.8) is 0 Å². The third-order valence-corrected chi connectivity index (χ3v) is 4.90. The van der Waals surface area contributed by atoms with Crippen molar-refractivity contribution in [2.45, 2.75) is 37.6 Å². The Bertz CT molecular complexity index is 717. The van der Waals surface area contributed by atoms with E-state index < -0.39 is 5.97 Å². The largest absolute Gasteiger partial charge is 0.465 e. The lowest BCUT2D eigenvalue weighted by molar-refractivity contribution is 0.0600. The summed E-state index contributed by atoms with van der Waals surface area (Å²) in [4.78, 5) is 23.8. The summed E-state index contributed by atoms with van der Waals surface area (Å²) < 4.78 is 4.67. The van der Waals surface area contributed by atoms with E-state index in [1.165, 1.54) is 12.7 Å². The summed E-state index contributed by atoms with van der Waals surface area (Å²) in [6, 6.07) is 17.4. The van der Waals surface area contributed by atoms with Crippen LogP contribution >= 0.6 is 0 Å². The summed E-state index contributed by atoms with van der Waals surface area (Å²) >= 11 is 0. The molecule has 2 aromatic carbocycles. The van der Waals surface area contributed by atoms with Gasteiger partial charge in [-0.05, 0) is 61.4 Å². The van der Waals surface area contributed by atoms with E-state index in [0.717, 1.165) is 25.7 Å². The van der Waals surface area contributed by atoms with Gasteiger partial charge in [0.05, 0.1) is 12.7 Å². The van der Waals surface area contributed by atoms with Crippen LogP contribution in [0.3, 0.4) is 0 Å².